The maximum absolute atomic E-state index is 11.3. The Morgan fingerprint density at radius 2 is 2.06 bits per heavy atom. The molecular formula is C10H20N2O4. The standard InChI is InChI=1S/C10H20N2O4/c1-8(16-9(13)15-5)6-7-12(14)11-10(2,3)4/h8H,6-7H2,1-5H3. The minimum absolute atomic E-state index is 0.190. The molecule has 0 heterocycles. The van der Waals surface area contributed by atoms with Gasteiger partial charge in [0.2, 0.25) is 0 Å². The summed E-state index contributed by atoms with van der Waals surface area (Å²) in [5.41, 5.74) is -0.395. The molecule has 0 saturated heterocycles. The molecule has 1 unspecified atom stereocenters. The van der Waals surface area contributed by atoms with Crippen LogP contribution in [-0.4, -0.2) is 36.3 Å². The van der Waals surface area contributed by atoms with Crippen molar-refractivity contribution in [3.8, 4) is 0 Å². The normalized spacial score (nSPS) is 14.4. The van der Waals surface area contributed by atoms with Crippen LogP contribution >= 0.6 is 0 Å². The van der Waals surface area contributed by atoms with Gasteiger partial charge in [0.15, 0.2) is 6.54 Å². The summed E-state index contributed by atoms with van der Waals surface area (Å²) >= 11 is 0. The van der Waals surface area contributed by atoms with E-state index in [1.54, 1.807) is 6.92 Å². The topological polar surface area (TPSA) is 74.0 Å². The van der Waals surface area contributed by atoms with Crippen LogP contribution in [0.2, 0.25) is 0 Å². The van der Waals surface area contributed by atoms with Crippen molar-refractivity contribution in [2.45, 2.75) is 45.8 Å². The molecule has 0 aromatic carbocycles. The van der Waals surface area contributed by atoms with Crippen molar-refractivity contribution in [1.29, 1.82) is 0 Å². The SMILES string of the molecule is COC(=O)OC(C)CC[N+]([O-])=NC(C)(C)C. The van der Waals surface area contributed by atoms with Crippen molar-refractivity contribution >= 4 is 6.16 Å². The molecule has 0 aliphatic heterocycles. The lowest BCUT2D eigenvalue weighted by molar-refractivity contribution is -0.537. The van der Waals surface area contributed by atoms with Crippen LogP contribution in [0.5, 0.6) is 0 Å². The summed E-state index contributed by atoms with van der Waals surface area (Å²) in [7, 11) is 1.24. The average Bonchev–Trinajstić information content (AvgIpc) is 2.12. The third-order valence-electron chi connectivity index (χ3n) is 1.60. The fourth-order valence-electron chi connectivity index (χ4n) is 0.948. The highest BCUT2D eigenvalue weighted by atomic mass is 16.7. The first kappa shape index (κ1) is 14.7. The minimum Gasteiger partial charge on any atom is -0.600 e. The van der Waals surface area contributed by atoms with Crippen LogP contribution in [-0.2, 0) is 9.47 Å². The highest BCUT2D eigenvalue weighted by Crippen LogP contribution is 2.07. The number of methoxy groups -OCH3 is 1. The molecule has 0 spiro atoms. The summed E-state index contributed by atoms with van der Waals surface area (Å²) in [6.45, 7) is 7.40. The van der Waals surface area contributed by atoms with Gasteiger partial charge in [-0.05, 0) is 32.8 Å². The highest BCUT2D eigenvalue weighted by Gasteiger charge is 2.15. The van der Waals surface area contributed by atoms with Crippen molar-refractivity contribution in [1.82, 2.24) is 0 Å². The van der Waals surface area contributed by atoms with E-state index in [4.69, 9.17) is 4.74 Å². The van der Waals surface area contributed by atoms with Crippen molar-refractivity contribution in [2.75, 3.05) is 13.7 Å². The number of carbonyl (C=O) groups excluding carboxylic acids is 1. The molecule has 0 aliphatic carbocycles. The summed E-state index contributed by atoms with van der Waals surface area (Å²) in [6, 6.07) is 0. The first-order valence-electron chi connectivity index (χ1n) is 5.16. The van der Waals surface area contributed by atoms with Crippen molar-refractivity contribution in [2.24, 2.45) is 5.11 Å². The van der Waals surface area contributed by atoms with Crippen LogP contribution in [0.4, 0.5) is 4.79 Å². The Morgan fingerprint density at radius 1 is 1.50 bits per heavy atom. The molecule has 0 aromatic rings. The molecule has 0 aromatic heterocycles. The highest BCUT2D eigenvalue weighted by molar-refractivity contribution is 5.59. The number of nitrogens with zero attached hydrogens (tertiary/aromatic N) is 2. The van der Waals surface area contributed by atoms with Gasteiger partial charge in [0.25, 0.3) is 0 Å². The van der Waals surface area contributed by atoms with E-state index in [1.807, 2.05) is 20.8 Å². The fourth-order valence-corrected chi connectivity index (χ4v) is 0.948. The third-order valence-corrected chi connectivity index (χ3v) is 1.60. The Kier molecular flexibility index (Phi) is 5.77. The molecule has 0 saturated carbocycles. The number of hydrogen-bond acceptors (Lipinski definition) is 5. The Hall–Kier alpha value is -1.33. The quantitative estimate of drug-likeness (QED) is 0.322. The second-order valence-electron chi connectivity index (χ2n) is 4.52. The van der Waals surface area contributed by atoms with Gasteiger partial charge in [-0.15, -0.1) is 0 Å². The van der Waals surface area contributed by atoms with Gasteiger partial charge in [0.1, 0.15) is 11.6 Å². The summed E-state index contributed by atoms with van der Waals surface area (Å²) < 4.78 is 9.14. The summed E-state index contributed by atoms with van der Waals surface area (Å²) in [4.78, 5) is 11.4. The zero-order chi connectivity index (χ0) is 12.8. The molecule has 94 valence electrons. The van der Waals surface area contributed by atoms with E-state index in [0.29, 0.717) is 11.3 Å². The van der Waals surface area contributed by atoms with E-state index in [0.717, 1.165) is 0 Å². The Balaban J connectivity index is 3.97. The number of hydrogen-bond donors (Lipinski definition) is 0. The van der Waals surface area contributed by atoms with Crippen LogP contribution in [0.3, 0.4) is 0 Å². The maximum atomic E-state index is 11.3. The van der Waals surface area contributed by atoms with Gasteiger partial charge in [-0.2, -0.15) is 0 Å². The summed E-state index contributed by atoms with van der Waals surface area (Å²) in [5, 5.41) is 15.2. The molecule has 0 bridgehead atoms. The number of rotatable bonds is 4. The first-order chi connectivity index (χ1) is 7.24. The largest absolute Gasteiger partial charge is 0.600 e. The van der Waals surface area contributed by atoms with Gasteiger partial charge in [0, 0.05) is 6.42 Å². The second kappa shape index (κ2) is 6.30. The molecule has 6 nitrogen and oxygen atoms in total. The van der Waals surface area contributed by atoms with E-state index >= 15 is 0 Å². The van der Waals surface area contributed by atoms with Gasteiger partial charge >= 0.3 is 6.16 Å². The minimum atomic E-state index is -0.738. The van der Waals surface area contributed by atoms with E-state index in [1.165, 1.54) is 7.11 Å². The van der Waals surface area contributed by atoms with Crippen molar-refractivity contribution < 1.29 is 19.1 Å². The number of azo groups is 1. The van der Waals surface area contributed by atoms with Crippen molar-refractivity contribution in [3.63, 3.8) is 0 Å². The average molecular weight is 232 g/mol. The van der Waals surface area contributed by atoms with Gasteiger partial charge in [0.05, 0.1) is 7.11 Å². The van der Waals surface area contributed by atoms with Gasteiger partial charge < -0.3 is 14.7 Å². The molecule has 1 atom stereocenters. The Labute approximate surface area is 95.8 Å². The molecule has 0 aliphatic rings. The zero-order valence-electron chi connectivity index (χ0n) is 10.5. The van der Waals surface area contributed by atoms with Crippen LogP contribution < -0.4 is 0 Å². The lowest BCUT2D eigenvalue weighted by Gasteiger charge is -2.13. The van der Waals surface area contributed by atoms with Gasteiger partial charge in [-0.1, -0.05) is 4.86 Å². The van der Waals surface area contributed by atoms with Crippen molar-refractivity contribution in [3.05, 3.63) is 5.21 Å². The van der Waals surface area contributed by atoms with E-state index < -0.39 is 11.7 Å². The smallest absolute Gasteiger partial charge is 0.508 e. The van der Waals surface area contributed by atoms with Gasteiger partial charge in [-0.3, -0.25) is 0 Å². The third kappa shape index (κ3) is 8.02. The maximum Gasteiger partial charge on any atom is 0.508 e. The number of hydroxylamine groups is 1. The summed E-state index contributed by atoms with van der Waals surface area (Å²) in [6.07, 6.45) is -0.685. The lowest BCUT2D eigenvalue weighted by atomic mass is 10.1. The Bertz CT molecular complexity index is 258. The van der Waals surface area contributed by atoms with E-state index in [9.17, 15) is 10.0 Å². The molecule has 6 heteroatoms. The predicted octanol–water partition coefficient (Wildman–Crippen LogP) is 2.31. The predicted molar refractivity (Wildman–Crippen MR) is 58.2 cm³/mol. The molecule has 0 amide bonds. The van der Waals surface area contributed by atoms with Crippen LogP contribution in [0.15, 0.2) is 5.11 Å². The van der Waals surface area contributed by atoms with Crippen LogP contribution in [0.25, 0.3) is 0 Å². The summed E-state index contributed by atoms with van der Waals surface area (Å²) in [5.74, 6) is 0. The number of ether oxygens (including phenoxy) is 2. The first-order valence-corrected chi connectivity index (χ1v) is 5.16. The molecule has 16 heavy (non-hydrogen) atoms. The second-order valence-corrected chi connectivity index (χ2v) is 4.52. The zero-order valence-corrected chi connectivity index (χ0v) is 10.5. The number of carbonyl (C=O) groups is 1. The Morgan fingerprint density at radius 3 is 2.50 bits per heavy atom. The van der Waals surface area contributed by atoms with Gasteiger partial charge in [-0.25, -0.2) is 4.79 Å². The van der Waals surface area contributed by atoms with Crippen LogP contribution in [0, 0.1) is 5.21 Å². The molecular weight excluding hydrogens is 212 g/mol. The molecule has 0 N–H and O–H groups in total. The van der Waals surface area contributed by atoms with Crippen LogP contribution in [0.1, 0.15) is 34.1 Å². The monoisotopic (exact) mass is 232 g/mol. The van der Waals surface area contributed by atoms with E-state index in [-0.39, 0.29) is 12.6 Å². The molecule has 0 radical (unpaired) electrons. The van der Waals surface area contributed by atoms with E-state index in [2.05, 4.69) is 9.85 Å². The lowest BCUT2D eigenvalue weighted by Crippen LogP contribution is -2.21. The molecule has 0 fully saturated rings. The fraction of sp³-hybridized carbons (Fsp3) is 0.900. The molecule has 0 rings (SSSR count).